The maximum absolute atomic E-state index is 14.1. The van der Waals surface area contributed by atoms with Gasteiger partial charge in [-0.05, 0) is 62.8 Å². The number of amides is 4. The molecule has 0 radical (unpaired) electrons. The maximum Gasteiger partial charge on any atom is 0.407 e. The Labute approximate surface area is 302 Å². The van der Waals surface area contributed by atoms with E-state index in [4.69, 9.17) is 9.57 Å². The van der Waals surface area contributed by atoms with Crippen molar-refractivity contribution in [2.45, 2.75) is 130 Å². The average Bonchev–Trinajstić information content (AvgIpc) is 3.45. The highest BCUT2D eigenvalue weighted by atomic mass is 19.1. The molecule has 3 rings (SSSR count). The van der Waals surface area contributed by atoms with Gasteiger partial charge in [-0.3, -0.25) is 14.4 Å². The number of hydrogen-bond donors (Lipinski definition) is 4. The third-order valence-corrected chi connectivity index (χ3v) is 8.59. The van der Waals surface area contributed by atoms with Crippen LogP contribution >= 0.6 is 0 Å². The van der Waals surface area contributed by atoms with Gasteiger partial charge in [0.25, 0.3) is 5.91 Å². The lowest BCUT2D eigenvalue weighted by Crippen LogP contribution is -2.58. The molecule has 0 saturated carbocycles. The average molecular weight is 713 g/mol. The lowest BCUT2D eigenvalue weighted by molar-refractivity contribution is -0.145. The minimum atomic E-state index is -0.992. The van der Waals surface area contributed by atoms with Gasteiger partial charge < -0.3 is 30.2 Å². The Kier molecular flexibility index (Phi) is 15.7. The second kappa shape index (κ2) is 19.4. The first-order valence-electron chi connectivity index (χ1n) is 18.1. The van der Waals surface area contributed by atoms with Gasteiger partial charge >= 0.3 is 6.09 Å². The largest absolute Gasteiger partial charge is 0.444 e. The van der Waals surface area contributed by atoms with E-state index in [9.17, 15) is 28.7 Å². The number of carbonyl (C=O) groups is 4. The predicted octanol–water partition coefficient (Wildman–Crippen LogP) is 6.43. The molecule has 11 nitrogen and oxygen atoms in total. The molecule has 3 atom stereocenters. The molecule has 1 saturated heterocycles. The summed E-state index contributed by atoms with van der Waals surface area (Å²) in [6.07, 6.45) is 6.76. The number of aliphatic hydroxyl groups is 1. The Bertz CT molecular complexity index is 1440. The molecule has 1 fully saturated rings. The number of rotatable bonds is 17. The van der Waals surface area contributed by atoms with E-state index in [1.807, 2.05) is 41.5 Å². The highest BCUT2D eigenvalue weighted by Crippen LogP contribution is 2.27. The topological polar surface area (TPSA) is 146 Å². The van der Waals surface area contributed by atoms with Crippen LogP contribution in [0.2, 0.25) is 0 Å². The standard InChI is InChI=1S/C39H57FN4O7/c1-38(2,3)34(42-33(46)19-13-11-9-7-8-10-12-16-24-41-37(49)50-39(4,5)6)36(48)44-26-28(45)25-32(44)35(47)43-51-29-22-20-27(21-23-29)30-17-14-15-18-31(30)40/h14-15,17-18,20-23,28,32,34,45H,7-13,16,19,24-26H2,1-6H3,(H,41,49)(H,42,46)(H,43,47)/t28-,32+,34-/m1/s1. The SMILES string of the molecule is CC(C)(C)OC(=O)NCCCCCCCCCCC(=O)N[C@H](C(=O)N1C[C@H](O)C[C@H]1C(=O)NOc1ccc(-c2ccccc2F)cc1)C(C)(C)C. The highest BCUT2D eigenvalue weighted by Gasteiger charge is 2.44. The number of β-amino-alcohol motifs (C(OH)–C–C–N with tert-alkyl or cyclic N) is 1. The quantitative estimate of drug-likeness (QED) is 0.109. The van der Waals surface area contributed by atoms with E-state index >= 15 is 0 Å². The number of halogens is 1. The molecule has 1 aliphatic rings. The summed E-state index contributed by atoms with van der Waals surface area (Å²) in [7, 11) is 0. The Hall–Kier alpha value is -4.19. The zero-order valence-corrected chi connectivity index (χ0v) is 31.1. The fourth-order valence-corrected chi connectivity index (χ4v) is 5.90. The molecule has 2 aromatic carbocycles. The summed E-state index contributed by atoms with van der Waals surface area (Å²) in [5.41, 5.74) is 2.31. The first-order valence-corrected chi connectivity index (χ1v) is 18.1. The van der Waals surface area contributed by atoms with Crippen LogP contribution in [0.15, 0.2) is 48.5 Å². The molecule has 282 valence electrons. The molecule has 2 aromatic rings. The zero-order chi connectivity index (χ0) is 37.6. The van der Waals surface area contributed by atoms with Gasteiger partial charge in [-0.2, -0.15) is 5.48 Å². The molecule has 4 N–H and O–H groups in total. The predicted molar refractivity (Wildman–Crippen MR) is 194 cm³/mol. The normalized spacial score (nSPS) is 16.7. The number of likely N-dealkylation sites (tertiary alicyclic amines) is 1. The third-order valence-electron chi connectivity index (χ3n) is 8.59. The summed E-state index contributed by atoms with van der Waals surface area (Å²) in [6.45, 7) is 11.6. The van der Waals surface area contributed by atoms with E-state index in [2.05, 4.69) is 16.1 Å². The Morgan fingerprint density at radius 1 is 0.882 bits per heavy atom. The molecular weight excluding hydrogens is 655 g/mol. The number of nitrogens with one attached hydrogen (secondary N) is 3. The van der Waals surface area contributed by atoms with Crippen LogP contribution in [-0.4, -0.2) is 70.7 Å². The van der Waals surface area contributed by atoms with Crippen LogP contribution in [0.4, 0.5) is 9.18 Å². The first kappa shape index (κ1) is 41.2. The van der Waals surface area contributed by atoms with E-state index in [1.165, 1.54) is 11.0 Å². The minimum absolute atomic E-state index is 0.0287. The van der Waals surface area contributed by atoms with Crippen molar-refractivity contribution >= 4 is 23.8 Å². The van der Waals surface area contributed by atoms with Gasteiger partial charge in [0.15, 0.2) is 5.75 Å². The van der Waals surface area contributed by atoms with Crippen LogP contribution in [0.5, 0.6) is 5.75 Å². The van der Waals surface area contributed by atoms with E-state index in [1.54, 1.807) is 42.5 Å². The summed E-state index contributed by atoms with van der Waals surface area (Å²) in [5, 5.41) is 16.1. The second-order valence-corrected chi connectivity index (χ2v) is 15.3. The van der Waals surface area contributed by atoms with Crippen molar-refractivity contribution in [3.8, 4) is 16.9 Å². The number of benzene rings is 2. The Balaban J connectivity index is 1.40. The van der Waals surface area contributed by atoms with Gasteiger partial charge in [0.05, 0.1) is 6.10 Å². The highest BCUT2D eigenvalue weighted by molar-refractivity contribution is 5.93. The summed E-state index contributed by atoms with van der Waals surface area (Å²) in [5.74, 6) is -1.32. The van der Waals surface area contributed by atoms with Gasteiger partial charge in [0.1, 0.15) is 23.5 Å². The Morgan fingerprint density at radius 2 is 1.49 bits per heavy atom. The Morgan fingerprint density at radius 3 is 2.10 bits per heavy atom. The fourth-order valence-electron chi connectivity index (χ4n) is 5.90. The van der Waals surface area contributed by atoms with Crippen molar-refractivity contribution in [2.75, 3.05) is 13.1 Å². The summed E-state index contributed by atoms with van der Waals surface area (Å²) < 4.78 is 19.4. The van der Waals surface area contributed by atoms with Gasteiger partial charge in [0, 0.05) is 31.5 Å². The van der Waals surface area contributed by atoms with Crippen LogP contribution in [0.1, 0.15) is 106 Å². The van der Waals surface area contributed by atoms with Crippen molar-refractivity contribution in [3.05, 3.63) is 54.3 Å². The minimum Gasteiger partial charge on any atom is -0.444 e. The van der Waals surface area contributed by atoms with E-state index in [-0.39, 0.29) is 37.2 Å². The molecule has 12 heteroatoms. The van der Waals surface area contributed by atoms with Crippen LogP contribution < -0.4 is 21.0 Å². The van der Waals surface area contributed by atoms with Crippen molar-refractivity contribution in [2.24, 2.45) is 5.41 Å². The lowest BCUT2D eigenvalue weighted by atomic mass is 9.85. The van der Waals surface area contributed by atoms with Crippen LogP contribution in [-0.2, 0) is 19.1 Å². The number of hydrogen-bond acceptors (Lipinski definition) is 7. The van der Waals surface area contributed by atoms with Gasteiger partial charge in [-0.25, -0.2) is 9.18 Å². The van der Waals surface area contributed by atoms with Crippen LogP contribution in [0.25, 0.3) is 11.1 Å². The van der Waals surface area contributed by atoms with E-state index in [0.29, 0.717) is 29.8 Å². The molecule has 0 aliphatic carbocycles. The van der Waals surface area contributed by atoms with Crippen LogP contribution in [0, 0.1) is 11.2 Å². The van der Waals surface area contributed by atoms with Crippen molar-refractivity contribution in [3.63, 3.8) is 0 Å². The van der Waals surface area contributed by atoms with E-state index < -0.39 is 41.0 Å². The van der Waals surface area contributed by atoms with Crippen LogP contribution in [0.3, 0.4) is 0 Å². The molecule has 1 heterocycles. The summed E-state index contributed by atoms with van der Waals surface area (Å²) in [4.78, 5) is 58.4. The smallest absolute Gasteiger partial charge is 0.407 e. The number of carbonyl (C=O) groups excluding carboxylic acids is 4. The number of hydroxylamine groups is 1. The molecule has 0 spiro atoms. The molecular formula is C39H57FN4O7. The molecule has 0 aromatic heterocycles. The van der Waals surface area contributed by atoms with Crippen molar-refractivity contribution in [1.29, 1.82) is 0 Å². The van der Waals surface area contributed by atoms with Gasteiger partial charge in [-0.1, -0.05) is 89.6 Å². The molecule has 0 bridgehead atoms. The fraction of sp³-hybridized carbons (Fsp3) is 0.590. The molecule has 0 unspecified atom stereocenters. The number of nitrogens with zero attached hydrogens (tertiary/aromatic N) is 1. The molecule has 51 heavy (non-hydrogen) atoms. The monoisotopic (exact) mass is 712 g/mol. The number of unbranched alkanes of at least 4 members (excludes halogenated alkanes) is 7. The lowest BCUT2D eigenvalue weighted by Gasteiger charge is -2.35. The van der Waals surface area contributed by atoms with Crippen molar-refractivity contribution < 1.29 is 38.2 Å². The van der Waals surface area contributed by atoms with Gasteiger partial charge in [-0.15, -0.1) is 0 Å². The number of aliphatic hydroxyl groups excluding tert-OH is 1. The van der Waals surface area contributed by atoms with Crippen molar-refractivity contribution in [1.82, 2.24) is 21.0 Å². The number of ether oxygens (including phenoxy) is 1. The second-order valence-electron chi connectivity index (χ2n) is 15.3. The first-order chi connectivity index (χ1) is 24.0. The van der Waals surface area contributed by atoms with Gasteiger partial charge in [0.2, 0.25) is 11.8 Å². The third kappa shape index (κ3) is 14.2. The zero-order valence-electron chi connectivity index (χ0n) is 31.1. The number of alkyl carbamates (subject to hydrolysis) is 1. The van der Waals surface area contributed by atoms with E-state index in [0.717, 1.165) is 44.9 Å². The molecule has 4 amide bonds. The summed E-state index contributed by atoms with van der Waals surface area (Å²) >= 11 is 0. The maximum atomic E-state index is 14.1. The summed E-state index contributed by atoms with van der Waals surface area (Å²) in [6, 6.07) is 11.0. The molecule has 1 aliphatic heterocycles.